The third-order valence-electron chi connectivity index (χ3n) is 1.78. The standard InChI is InChI=1S/C11H10N2O3/c12-9-5-4-7(2-1-3-10(13)14)6-8(9)11(15)16/h4-6H,3,12H2,(H2,13,14)(H,15,16). The molecule has 0 bridgehead atoms. The van der Waals surface area contributed by atoms with Crippen LogP contribution >= 0.6 is 0 Å². The van der Waals surface area contributed by atoms with Crippen molar-refractivity contribution in [3.63, 3.8) is 0 Å². The lowest BCUT2D eigenvalue weighted by molar-refractivity contribution is -0.117. The lowest BCUT2D eigenvalue weighted by atomic mass is 10.1. The number of amides is 1. The molecule has 0 saturated carbocycles. The average molecular weight is 218 g/mol. The number of aromatic carboxylic acids is 1. The van der Waals surface area contributed by atoms with Crippen LogP contribution in [-0.2, 0) is 4.79 Å². The summed E-state index contributed by atoms with van der Waals surface area (Å²) >= 11 is 0. The maximum atomic E-state index is 10.8. The fraction of sp³-hybridized carbons (Fsp3) is 0.0909. The number of nitrogen functional groups attached to an aromatic ring is 1. The maximum absolute atomic E-state index is 10.8. The zero-order valence-electron chi connectivity index (χ0n) is 8.36. The molecule has 0 aliphatic heterocycles. The van der Waals surface area contributed by atoms with Crippen LogP contribution in [0.15, 0.2) is 18.2 Å². The summed E-state index contributed by atoms with van der Waals surface area (Å²) in [5.74, 6) is 3.52. The highest BCUT2D eigenvalue weighted by molar-refractivity contribution is 5.94. The average Bonchev–Trinajstić information content (AvgIpc) is 2.19. The molecule has 0 aliphatic carbocycles. The van der Waals surface area contributed by atoms with Gasteiger partial charge >= 0.3 is 5.97 Å². The summed E-state index contributed by atoms with van der Waals surface area (Å²) in [5.41, 5.74) is 11.0. The minimum atomic E-state index is -1.11. The summed E-state index contributed by atoms with van der Waals surface area (Å²) in [6.07, 6.45) is -0.0627. The van der Waals surface area contributed by atoms with Crippen molar-refractivity contribution in [2.24, 2.45) is 5.73 Å². The molecule has 1 amide bonds. The predicted molar refractivity (Wildman–Crippen MR) is 58.5 cm³/mol. The van der Waals surface area contributed by atoms with Crippen molar-refractivity contribution < 1.29 is 14.7 Å². The Bertz CT molecular complexity index is 498. The molecule has 1 aromatic rings. The number of carboxylic acids is 1. The van der Waals surface area contributed by atoms with Gasteiger partial charge in [0.25, 0.3) is 0 Å². The molecule has 0 fully saturated rings. The number of benzene rings is 1. The van der Waals surface area contributed by atoms with Crippen LogP contribution in [0.5, 0.6) is 0 Å². The van der Waals surface area contributed by atoms with Gasteiger partial charge in [-0.25, -0.2) is 4.79 Å². The molecule has 5 nitrogen and oxygen atoms in total. The van der Waals surface area contributed by atoms with E-state index >= 15 is 0 Å². The van der Waals surface area contributed by atoms with Gasteiger partial charge in [-0.05, 0) is 18.2 Å². The van der Waals surface area contributed by atoms with Gasteiger partial charge in [0.2, 0.25) is 5.91 Å². The Hall–Kier alpha value is -2.48. The van der Waals surface area contributed by atoms with Gasteiger partial charge < -0.3 is 16.6 Å². The summed E-state index contributed by atoms with van der Waals surface area (Å²) in [4.78, 5) is 21.2. The molecular weight excluding hydrogens is 208 g/mol. The Labute approximate surface area is 92.1 Å². The van der Waals surface area contributed by atoms with E-state index in [1.54, 1.807) is 6.07 Å². The topological polar surface area (TPSA) is 106 Å². The third kappa shape index (κ3) is 3.03. The number of nitrogens with two attached hydrogens (primary N) is 2. The zero-order chi connectivity index (χ0) is 12.1. The zero-order valence-corrected chi connectivity index (χ0v) is 8.36. The van der Waals surface area contributed by atoms with Crippen LogP contribution in [0, 0.1) is 11.8 Å². The monoisotopic (exact) mass is 218 g/mol. The van der Waals surface area contributed by atoms with Crippen LogP contribution in [0.2, 0.25) is 0 Å². The van der Waals surface area contributed by atoms with Gasteiger partial charge in [-0.2, -0.15) is 0 Å². The molecule has 0 atom stereocenters. The molecule has 0 radical (unpaired) electrons. The Morgan fingerprint density at radius 1 is 1.38 bits per heavy atom. The van der Waals surface area contributed by atoms with E-state index in [1.807, 2.05) is 0 Å². The fourth-order valence-corrected chi connectivity index (χ4v) is 1.05. The molecule has 0 spiro atoms. The SMILES string of the molecule is NC(=O)CC#Cc1ccc(N)c(C(=O)O)c1. The molecule has 0 saturated heterocycles. The highest BCUT2D eigenvalue weighted by atomic mass is 16.4. The Balaban J connectivity index is 2.98. The van der Waals surface area contributed by atoms with E-state index < -0.39 is 11.9 Å². The van der Waals surface area contributed by atoms with Crippen molar-refractivity contribution in [1.29, 1.82) is 0 Å². The Kier molecular flexibility index (Phi) is 3.51. The summed E-state index contributed by atoms with van der Waals surface area (Å²) < 4.78 is 0. The first-order valence-corrected chi connectivity index (χ1v) is 4.40. The van der Waals surface area contributed by atoms with Gasteiger partial charge in [0.1, 0.15) is 0 Å². The minimum Gasteiger partial charge on any atom is -0.478 e. The number of primary amides is 1. The second-order valence-corrected chi connectivity index (χ2v) is 3.05. The van der Waals surface area contributed by atoms with Crippen LogP contribution in [0.1, 0.15) is 22.3 Å². The molecule has 0 unspecified atom stereocenters. The molecule has 0 heterocycles. The number of hydrogen-bond acceptors (Lipinski definition) is 3. The van der Waals surface area contributed by atoms with E-state index in [2.05, 4.69) is 11.8 Å². The van der Waals surface area contributed by atoms with Gasteiger partial charge in [-0.1, -0.05) is 11.8 Å². The number of hydrogen-bond donors (Lipinski definition) is 3. The van der Waals surface area contributed by atoms with Gasteiger partial charge in [0, 0.05) is 11.3 Å². The summed E-state index contributed by atoms with van der Waals surface area (Å²) in [7, 11) is 0. The van der Waals surface area contributed by atoms with E-state index in [-0.39, 0.29) is 17.7 Å². The number of carbonyl (C=O) groups excluding carboxylic acids is 1. The van der Waals surface area contributed by atoms with Crippen LogP contribution < -0.4 is 11.5 Å². The molecule has 5 heteroatoms. The van der Waals surface area contributed by atoms with E-state index in [1.165, 1.54) is 12.1 Å². The van der Waals surface area contributed by atoms with E-state index in [9.17, 15) is 9.59 Å². The highest BCUT2D eigenvalue weighted by Gasteiger charge is 2.07. The summed E-state index contributed by atoms with van der Waals surface area (Å²) in [6.45, 7) is 0. The normalized spacial score (nSPS) is 9.00. The quantitative estimate of drug-likeness (QED) is 0.486. The molecule has 16 heavy (non-hydrogen) atoms. The van der Waals surface area contributed by atoms with Crippen LogP contribution in [0.25, 0.3) is 0 Å². The first-order valence-electron chi connectivity index (χ1n) is 4.40. The Morgan fingerprint density at radius 3 is 2.62 bits per heavy atom. The number of carbonyl (C=O) groups is 2. The first kappa shape index (κ1) is 11.6. The van der Waals surface area contributed by atoms with Crippen molar-refractivity contribution in [2.45, 2.75) is 6.42 Å². The van der Waals surface area contributed by atoms with Crippen molar-refractivity contribution in [2.75, 3.05) is 5.73 Å². The fourth-order valence-electron chi connectivity index (χ4n) is 1.05. The Morgan fingerprint density at radius 2 is 2.06 bits per heavy atom. The van der Waals surface area contributed by atoms with Gasteiger partial charge in [0.15, 0.2) is 0 Å². The molecule has 1 rings (SSSR count). The summed E-state index contributed by atoms with van der Waals surface area (Å²) in [6, 6.07) is 4.39. The van der Waals surface area contributed by atoms with Gasteiger partial charge in [-0.3, -0.25) is 4.79 Å². The van der Waals surface area contributed by atoms with Crippen molar-refractivity contribution in [3.05, 3.63) is 29.3 Å². The molecular formula is C11H10N2O3. The molecule has 82 valence electrons. The van der Waals surface area contributed by atoms with Crippen molar-refractivity contribution >= 4 is 17.6 Å². The van der Waals surface area contributed by atoms with E-state index in [4.69, 9.17) is 16.6 Å². The second-order valence-electron chi connectivity index (χ2n) is 3.05. The van der Waals surface area contributed by atoms with E-state index in [0.29, 0.717) is 5.56 Å². The van der Waals surface area contributed by atoms with Gasteiger partial charge in [-0.15, -0.1) is 0 Å². The largest absolute Gasteiger partial charge is 0.478 e. The van der Waals surface area contributed by atoms with Crippen LogP contribution in [0.4, 0.5) is 5.69 Å². The van der Waals surface area contributed by atoms with Gasteiger partial charge in [0.05, 0.1) is 12.0 Å². The van der Waals surface area contributed by atoms with Crippen molar-refractivity contribution in [3.8, 4) is 11.8 Å². The minimum absolute atomic E-state index is 0.00845. The molecule has 1 aromatic carbocycles. The molecule has 0 aliphatic rings. The van der Waals surface area contributed by atoms with Crippen LogP contribution in [0.3, 0.4) is 0 Å². The third-order valence-corrected chi connectivity index (χ3v) is 1.78. The lowest BCUT2D eigenvalue weighted by Gasteiger charge is -2.00. The lowest BCUT2D eigenvalue weighted by Crippen LogP contribution is -2.08. The molecule has 0 aromatic heterocycles. The number of carboxylic acid groups (broad SMARTS) is 1. The second kappa shape index (κ2) is 4.84. The number of rotatable bonds is 2. The van der Waals surface area contributed by atoms with Crippen molar-refractivity contribution in [1.82, 2.24) is 0 Å². The smallest absolute Gasteiger partial charge is 0.337 e. The first-order chi connectivity index (χ1) is 7.50. The predicted octanol–water partition coefficient (Wildman–Crippen LogP) is 0.194. The van der Waals surface area contributed by atoms with E-state index in [0.717, 1.165) is 0 Å². The molecule has 5 N–H and O–H groups in total. The maximum Gasteiger partial charge on any atom is 0.337 e. The highest BCUT2D eigenvalue weighted by Crippen LogP contribution is 2.13. The summed E-state index contributed by atoms with van der Waals surface area (Å²) in [5, 5.41) is 8.80. The number of anilines is 1. The van der Waals surface area contributed by atoms with Crippen LogP contribution in [-0.4, -0.2) is 17.0 Å².